The van der Waals surface area contributed by atoms with E-state index < -0.39 is 17.5 Å². The van der Waals surface area contributed by atoms with Crippen LogP contribution < -0.4 is 0 Å². The highest BCUT2D eigenvalue weighted by Crippen LogP contribution is 2.36. The van der Waals surface area contributed by atoms with Crippen molar-refractivity contribution in [2.45, 2.75) is 6.18 Å². The molecule has 0 fully saturated rings. The second-order valence-electron chi connectivity index (χ2n) is 3.75. The maximum atomic E-state index is 12.4. The highest BCUT2D eigenvalue weighted by Gasteiger charge is 2.31. The molecule has 7 heteroatoms. The van der Waals surface area contributed by atoms with Gasteiger partial charge >= 0.3 is 6.18 Å². The van der Waals surface area contributed by atoms with Gasteiger partial charge in [0, 0.05) is 21.8 Å². The molecule has 1 heterocycles. The third kappa shape index (κ3) is 3.11. The quantitative estimate of drug-likeness (QED) is 0.822. The summed E-state index contributed by atoms with van der Waals surface area (Å²) in [5.41, 5.74) is -0.706. The average molecular weight is 308 g/mol. The Bertz CT molecular complexity index is 609. The van der Waals surface area contributed by atoms with Crippen molar-refractivity contribution in [3.05, 3.63) is 46.1 Å². The summed E-state index contributed by atoms with van der Waals surface area (Å²) in [6.45, 7) is 0. The van der Waals surface area contributed by atoms with Gasteiger partial charge in [0.25, 0.3) is 0 Å². The van der Waals surface area contributed by atoms with Crippen molar-refractivity contribution < 1.29 is 18.3 Å². The van der Waals surface area contributed by atoms with Gasteiger partial charge in [-0.25, -0.2) is 0 Å². The third-order valence-electron chi connectivity index (χ3n) is 2.33. The Balaban J connectivity index is 2.52. The lowest BCUT2D eigenvalue weighted by atomic mass is 10.1. The molecule has 0 saturated carbocycles. The summed E-state index contributed by atoms with van der Waals surface area (Å²) < 4.78 is 37.3. The van der Waals surface area contributed by atoms with Crippen molar-refractivity contribution in [2.24, 2.45) is 0 Å². The molecule has 1 aromatic heterocycles. The Labute approximate surface area is 116 Å². The summed E-state index contributed by atoms with van der Waals surface area (Å²) >= 11 is 11.6. The highest BCUT2D eigenvalue weighted by atomic mass is 35.5. The van der Waals surface area contributed by atoms with Gasteiger partial charge in [0.2, 0.25) is 0 Å². The number of hydrogen-bond donors (Lipinski definition) is 1. The van der Waals surface area contributed by atoms with E-state index in [-0.39, 0.29) is 5.69 Å². The summed E-state index contributed by atoms with van der Waals surface area (Å²) in [5.74, 6) is -0.590. The lowest BCUT2D eigenvalue weighted by Crippen LogP contribution is -2.05. The van der Waals surface area contributed by atoms with Crippen LogP contribution in [0.4, 0.5) is 13.2 Å². The SMILES string of the molecule is Oc1cc(C(F)(F)F)cnc1-c1cc(Cl)cc(Cl)c1. The minimum atomic E-state index is -4.56. The normalized spacial score (nSPS) is 11.6. The van der Waals surface area contributed by atoms with Gasteiger partial charge < -0.3 is 5.11 Å². The molecule has 0 radical (unpaired) electrons. The van der Waals surface area contributed by atoms with E-state index in [4.69, 9.17) is 23.2 Å². The van der Waals surface area contributed by atoms with E-state index in [0.29, 0.717) is 27.9 Å². The molecular formula is C12H6Cl2F3NO. The highest BCUT2D eigenvalue weighted by molar-refractivity contribution is 6.35. The number of hydrogen-bond acceptors (Lipinski definition) is 2. The molecule has 0 spiro atoms. The maximum absolute atomic E-state index is 12.4. The first-order chi connectivity index (χ1) is 8.77. The molecule has 0 aliphatic rings. The minimum Gasteiger partial charge on any atom is -0.506 e. The largest absolute Gasteiger partial charge is 0.506 e. The zero-order valence-electron chi connectivity index (χ0n) is 9.17. The van der Waals surface area contributed by atoms with E-state index in [2.05, 4.69) is 4.98 Å². The fourth-order valence-corrected chi connectivity index (χ4v) is 2.05. The second kappa shape index (κ2) is 4.90. The number of rotatable bonds is 1. The van der Waals surface area contributed by atoms with Gasteiger partial charge in [0.15, 0.2) is 0 Å². The number of halogens is 5. The molecule has 0 aliphatic heterocycles. The van der Waals surface area contributed by atoms with Gasteiger partial charge in [0.05, 0.1) is 5.56 Å². The van der Waals surface area contributed by atoms with Gasteiger partial charge in [0.1, 0.15) is 11.4 Å². The number of pyridine rings is 1. The van der Waals surface area contributed by atoms with E-state index >= 15 is 0 Å². The molecule has 2 aromatic rings. The van der Waals surface area contributed by atoms with Gasteiger partial charge in [-0.3, -0.25) is 4.98 Å². The van der Waals surface area contributed by atoms with Crippen molar-refractivity contribution >= 4 is 23.2 Å². The second-order valence-corrected chi connectivity index (χ2v) is 4.62. The molecule has 0 aliphatic carbocycles. The molecule has 0 saturated heterocycles. The summed E-state index contributed by atoms with van der Waals surface area (Å²) in [7, 11) is 0. The van der Waals surface area contributed by atoms with Crippen LogP contribution in [0.3, 0.4) is 0 Å². The van der Waals surface area contributed by atoms with E-state index in [1.54, 1.807) is 0 Å². The number of aromatic hydroxyl groups is 1. The van der Waals surface area contributed by atoms with Crippen LogP contribution in [0.15, 0.2) is 30.5 Å². The van der Waals surface area contributed by atoms with Crippen molar-refractivity contribution in [3.63, 3.8) is 0 Å². The number of nitrogens with zero attached hydrogens (tertiary/aromatic N) is 1. The molecule has 1 N–H and O–H groups in total. The fraction of sp³-hybridized carbons (Fsp3) is 0.0833. The molecule has 0 bridgehead atoms. The monoisotopic (exact) mass is 307 g/mol. The molecule has 1 aromatic carbocycles. The Morgan fingerprint density at radius 2 is 1.58 bits per heavy atom. The van der Waals surface area contributed by atoms with Gasteiger partial charge in [-0.15, -0.1) is 0 Å². The van der Waals surface area contributed by atoms with Crippen LogP contribution >= 0.6 is 23.2 Å². The Hall–Kier alpha value is -1.46. The summed E-state index contributed by atoms with van der Waals surface area (Å²) in [5, 5.41) is 10.2. The molecule has 19 heavy (non-hydrogen) atoms. The predicted octanol–water partition coefficient (Wildman–Crippen LogP) is 4.78. The van der Waals surface area contributed by atoms with E-state index in [1.807, 2.05) is 0 Å². The molecule has 0 atom stereocenters. The van der Waals surface area contributed by atoms with E-state index in [9.17, 15) is 18.3 Å². The minimum absolute atomic E-state index is 0.0163. The zero-order valence-corrected chi connectivity index (χ0v) is 10.7. The van der Waals surface area contributed by atoms with Crippen molar-refractivity contribution in [1.82, 2.24) is 4.98 Å². The Kier molecular flexibility index (Phi) is 3.60. The van der Waals surface area contributed by atoms with E-state index in [0.717, 1.165) is 0 Å². The third-order valence-corrected chi connectivity index (χ3v) is 2.77. The van der Waals surface area contributed by atoms with E-state index in [1.165, 1.54) is 18.2 Å². The van der Waals surface area contributed by atoms with Gasteiger partial charge in [-0.1, -0.05) is 23.2 Å². The molecular weight excluding hydrogens is 302 g/mol. The zero-order chi connectivity index (χ0) is 14.2. The lowest BCUT2D eigenvalue weighted by Gasteiger charge is -2.09. The number of alkyl halides is 3. The Morgan fingerprint density at radius 1 is 1.00 bits per heavy atom. The standard InChI is InChI=1S/C12H6Cl2F3NO/c13-8-1-6(2-9(14)4-8)11-10(19)3-7(5-18-11)12(15,16)17/h1-5,19H. The molecule has 0 amide bonds. The van der Waals surface area contributed by atoms with Crippen LogP contribution in [0.1, 0.15) is 5.56 Å². The lowest BCUT2D eigenvalue weighted by molar-refractivity contribution is -0.137. The van der Waals surface area contributed by atoms with Crippen LogP contribution in [-0.4, -0.2) is 10.1 Å². The first-order valence-corrected chi connectivity index (χ1v) is 5.75. The van der Waals surface area contributed by atoms with Gasteiger partial charge in [-0.2, -0.15) is 13.2 Å². The average Bonchev–Trinajstić information content (AvgIpc) is 2.26. The van der Waals surface area contributed by atoms with Crippen LogP contribution in [0.2, 0.25) is 10.0 Å². The summed E-state index contributed by atoms with van der Waals surface area (Å²) in [6, 6.07) is 4.97. The van der Waals surface area contributed by atoms with Crippen LogP contribution in [-0.2, 0) is 6.18 Å². The van der Waals surface area contributed by atoms with Crippen LogP contribution in [0.5, 0.6) is 5.75 Å². The summed E-state index contributed by atoms with van der Waals surface area (Å²) in [4.78, 5) is 3.61. The first kappa shape index (κ1) is 14.0. The fourth-order valence-electron chi connectivity index (χ4n) is 1.52. The molecule has 2 rings (SSSR count). The van der Waals surface area contributed by atoms with Crippen LogP contribution in [0.25, 0.3) is 11.3 Å². The maximum Gasteiger partial charge on any atom is 0.418 e. The number of aromatic nitrogens is 1. The molecule has 0 unspecified atom stereocenters. The van der Waals surface area contributed by atoms with Gasteiger partial charge in [-0.05, 0) is 24.3 Å². The predicted molar refractivity (Wildman–Crippen MR) is 66.4 cm³/mol. The first-order valence-electron chi connectivity index (χ1n) is 5.00. The van der Waals surface area contributed by atoms with Crippen molar-refractivity contribution in [2.75, 3.05) is 0 Å². The topological polar surface area (TPSA) is 33.1 Å². The van der Waals surface area contributed by atoms with Crippen LogP contribution in [0, 0.1) is 0 Å². The van der Waals surface area contributed by atoms with Crippen molar-refractivity contribution in [3.8, 4) is 17.0 Å². The number of benzene rings is 1. The summed E-state index contributed by atoms with van der Waals surface area (Å²) in [6.07, 6.45) is -3.92. The molecule has 2 nitrogen and oxygen atoms in total. The molecule has 100 valence electrons. The smallest absolute Gasteiger partial charge is 0.418 e. The Morgan fingerprint density at radius 3 is 2.05 bits per heavy atom. The van der Waals surface area contributed by atoms with Crippen molar-refractivity contribution in [1.29, 1.82) is 0 Å².